The molecule has 0 N–H and O–H groups in total. The lowest BCUT2D eigenvalue weighted by molar-refractivity contribution is -0.671. The Morgan fingerprint density at radius 1 is 0.769 bits per heavy atom. The molecule has 5 nitrogen and oxygen atoms in total. The fourth-order valence-electron chi connectivity index (χ4n) is 2.33. The zero-order chi connectivity index (χ0) is 19.2. The van der Waals surface area contributed by atoms with Gasteiger partial charge in [0.05, 0.1) is 17.2 Å². The Balaban J connectivity index is 0.000000431. The number of nitrogens with zero attached hydrogens (tertiary/aromatic N) is 1. The second-order valence-electron chi connectivity index (χ2n) is 5.76. The number of aryl methyl sites for hydroxylation is 1. The lowest BCUT2D eigenvalue weighted by atomic mass is 10.0. The normalized spacial score (nSPS) is 10.6. The smallest absolute Gasteiger partial charge is 0.169 e. The Bertz CT molecular complexity index is 925. The number of aromatic nitrogens is 1. The molecule has 0 bridgehead atoms. The van der Waals surface area contributed by atoms with Crippen molar-refractivity contribution in [2.24, 2.45) is 7.05 Å². The monoisotopic (exact) mass is 371 g/mol. The van der Waals surface area contributed by atoms with Gasteiger partial charge in [0.15, 0.2) is 12.4 Å². The van der Waals surface area contributed by atoms with Crippen molar-refractivity contribution in [3.8, 4) is 28.0 Å². The second kappa shape index (κ2) is 8.60. The Morgan fingerprint density at radius 2 is 1.08 bits per heavy atom. The summed E-state index contributed by atoms with van der Waals surface area (Å²) < 4.78 is 34.5. The first-order valence-corrected chi connectivity index (χ1v) is 9.69. The number of benzene rings is 2. The van der Waals surface area contributed by atoms with Crippen LogP contribution in [-0.4, -0.2) is 26.3 Å². The summed E-state index contributed by atoms with van der Waals surface area (Å²) in [6.07, 6.45) is 4.73. The van der Waals surface area contributed by atoms with Crippen LogP contribution >= 0.6 is 0 Å². The van der Waals surface area contributed by atoms with E-state index in [1.807, 2.05) is 23.7 Å². The molecule has 3 rings (SSSR count). The van der Waals surface area contributed by atoms with Crippen molar-refractivity contribution in [1.29, 1.82) is 0 Å². The van der Waals surface area contributed by atoms with Gasteiger partial charge in [0.1, 0.15) is 12.8 Å². The highest BCUT2D eigenvalue weighted by Crippen LogP contribution is 2.25. The third-order valence-electron chi connectivity index (χ3n) is 3.62. The Morgan fingerprint density at radius 3 is 1.42 bits per heavy atom. The second-order valence-corrected chi connectivity index (χ2v) is 7.17. The average Bonchev–Trinajstić information content (AvgIpc) is 2.61. The van der Waals surface area contributed by atoms with Crippen molar-refractivity contribution in [2.45, 2.75) is 0 Å². The fourth-order valence-corrected chi connectivity index (χ4v) is 2.33. The summed E-state index contributed by atoms with van der Waals surface area (Å²) in [4.78, 5) is 0. The molecule has 3 aromatic rings. The molecule has 0 aliphatic heterocycles. The van der Waals surface area contributed by atoms with Gasteiger partial charge in [-0.3, -0.25) is 0 Å². The molecule has 0 amide bonds. The molecule has 6 heteroatoms. The number of hydrogen-bond donors (Lipinski definition) is 0. The molecule has 2 aromatic carbocycles. The molecule has 0 saturated carbocycles. The summed E-state index contributed by atoms with van der Waals surface area (Å²) in [6.45, 7) is 0. The molecule has 0 spiro atoms. The van der Waals surface area contributed by atoms with Crippen LogP contribution < -0.4 is 9.30 Å². The van der Waals surface area contributed by atoms with Gasteiger partial charge in [0.2, 0.25) is 0 Å². The van der Waals surface area contributed by atoms with Crippen molar-refractivity contribution < 1.29 is 22.3 Å². The predicted octanol–water partition coefficient (Wildman–Crippen LogP) is 3.02. The highest BCUT2D eigenvalue weighted by atomic mass is 32.2. The van der Waals surface area contributed by atoms with Crippen molar-refractivity contribution in [1.82, 2.24) is 0 Å². The molecule has 1 heterocycles. The molecule has 0 fully saturated rings. The molecule has 0 aliphatic carbocycles. The third-order valence-corrected chi connectivity index (χ3v) is 3.62. The van der Waals surface area contributed by atoms with Crippen molar-refractivity contribution in [3.63, 3.8) is 0 Å². The lowest BCUT2D eigenvalue weighted by Gasteiger charge is -2.05. The lowest BCUT2D eigenvalue weighted by Crippen LogP contribution is -2.25. The molecule has 0 atom stereocenters. The van der Waals surface area contributed by atoms with Crippen molar-refractivity contribution in [2.75, 3.05) is 13.4 Å². The maximum absolute atomic E-state index is 9.08. The molecule has 26 heavy (non-hydrogen) atoms. The van der Waals surface area contributed by atoms with Gasteiger partial charge in [-0.15, -0.1) is 0 Å². The first-order valence-electron chi connectivity index (χ1n) is 7.87. The van der Waals surface area contributed by atoms with Gasteiger partial charge in [-0.25, -0.2) is 13.0 Å². The van der Waals surface area contributed by atoms with Crippen LogP contribution in [0, 0.1) is 0 Å². The van der Waals surface area contributed by atoms with E-state index in [9.17, 15) is 0 Å². The Hall–Kier alpha value is -2.70. The summed E-state index contributed by atoms with van der Waals surface area (Å²) in [5.41, 5.74) is 4.87. The molecular formula is C20H21NO4S. The Kier molecular flexibility index (Phi) is 6.49. The minimum atomic E-state index is -3.92. The average molecular weight is 371 g/mol. The van der Waals surface area contributed by atoms with Crippen LogP contribution in [0.25, 0.3) is 22.3 Å². The highest BCUT2D eigenvalue weighted by molar-refractivity contribution is 7.84. The third kappa shape index (κ3) is 6.31. The minimum absolute atomic E-state index is 0.604. The molecule has 1 aromatic heterocycles. The highest BCUT2D eigenvalue weighted by Gasteiger charge is 2.02. The van der Waals surface area contributed by atoms with Crippen molar-refractivity contribution in [3.05, 3.63) is 73.1 Å². The number of ether oxygens (including phenoxy) is 1. The van der Waals surface area contributed by atoms with Crippen LogP contribution in [0.4, 0.5) is 0 Å². The molecular weight excluding hydrogens is 350 g/mol. The van der Waals surface area contributed by atoms with Gasteiger partial charge in [-0.2, -0.15) is 0 Å². The number of pyridine rings is 1. The summed E-state index contributed by atoms with van der Waals surface area (Å²) in [6, 6.07) is 21.0. The summed E-state index contributed by atoms with van der Waals surface area (Å²) in [5.74, 6) is 0.882. The van der Waals surface area contributed by atoms with Crippen LogP contribution in [0.1, 0.15) is 0 Å². The van der Waals surface area contributed by atoms with Crippen LogP contribution in [-0.2, 0) is 17.2 Å². The molecule has 0 radical (unpaired) electrons. The van der Waals surface area contributed by atoms with E-state index in [2.05, 4.69) is 60.9 Å². The van der Waals surface area contributed by atoms with E-state index in [0.29, 0.717) is 6.26 Å². The van der Waals surface area contributed by atoms with E-state index in [1.165, 1.54) is 22.3 Å². The van der Waals surface area contributed by atoms with Crippen LogP contribution in [0.3, 0.4) is 0 Å². The fraction of sp³-hybridized carbons (Fsp3) is 0.150. The quantitative estimate of drug-likeness (QED) is 0.524. The Labute approximate surface area is 154 Å². The first kappa shape index (κ1) is 19.6. The molecule has 0 unspecified atom stereocenters. The summed E-state index contributed by atoms with van der Waals surface area (Å²) >= 11 is 0. The number of hydrogen-bond acceptors (Lipinski definition) is 4. The standard InChI is InChI=1S/C19H18NO.CH4O3S/c1-20-13-11-18(12-14-20)16-5-3-15(4-6-16)17-7-9-19(21-2)10-8-17;1-5(2,3)4/h3-14H,1-2H3;1H3,(H,2,3,4)/q+1;/p-1. The number of rotatable bonds is 3. The minimum Gasteiger partial charge on any atom is -0.748 e. The predicted molar refractivity (Wildman–Crippen MR) is 101 cm³/mol. The topological polar surface area (TPSA) is 70.3 Å². The van der Waals surface area contributed by atoms with Gasteiger partial charge in [-0.05, 0) is 34.4 Å². The van der Waals surface area contributed by atoms with Gasteiger partial charge in [0, 0.05) is 18.4 Å². The SMILES string of the molecule is COc1ccc(-c2ccc(-c3cc[n+](C)cc3)cc2)cc1.CS(=O)(=O)[O-]. The maximum atomic E-state index is 9.08. The summed E-state index contributed by atoms with van der Waals surface area (Å²) in [5, 5.41) is 0. The van der Waals surface area contributed by atoms with E-state index in [-0.39, 0.29) is 0 Å². The van der Waals surface area contributed by atoms with E-state index in [1.54, 1.807) is 7.11 Å². The van der Waals surface area contributed by atoms with E-state index < -0.39 is 10.1 Å². The molecule has 0 aliphatic rings. The van der Waals surface area contributed by atoms with Crippen LogP contribution in [0.15, 0.2) is 73.1 Å². The number of methoxy groups -OCH3 is 1. The van der Waals surface area contributed by atoms with Crippen molar-refractivity contribution >= 4 is 10.1 Å². The van der Waals surface area contributed by atoms with E-state index >= 15 is 0 Å². The van der Waals surface area contributed by atoms with Gasteiger partial charge in [-0.1, -0.05) is 36.4 Å². The van der Waals surface area contributed by atoms with Gasteiger partial charge in [0.25, 0.3) is 0 Å². The van der Waals surface area contributed by atoms with Gasteiger partial charge >= 0.3 is 0 Å². The van der Waals surface area contributed by atoms with E-state index in [4.69, 9.17) is 17.7 Å². The van der Waals surface area contributed by atoms with Gasteiger partial charge < -0.3 is 9.29 Å². The molecule has 0 saturated heterocycles. The van der Waals surface area contributed by atoms with E-state index in [0.717, 1.165) is 5.75 Å². The molecule has 136 valence electrons. The zero-order valence-electron chi connectivity index (χ0n) is 14.9. The first-order chi connectivity index (χ1) is 12.3. The largest absolute Gasteiger partial charge is 0.748 e. The summed E-state index contributed by atoms with van der Waals surface area (Å²) in [7, 11) is -0.208. The van der Waals surface area contributed by atoms with Crippen LogP contribution in [0.2, 0.25) is 0 Å². The van der Waals surface area contributed by atoms with Crippen LogP contribution in [0.5, 0.6) is 5.75 Å². The maximum Gasteiger partial charge on any atom is 0.169 e. The zero-order valence-corrected chi connectivity index (χ0v) is 15.7.